The maximum Gasteiger partial charge on any atom is 0.322 e. The van der Waals surface area contributed by atoms with E-state index in [0.717, 1.165) is 11.3 Å². The molecule has 0 aliphatic carbocycles. The zero-order valence-corrected chi connectivity index (χ0v) is 21.1. The van der Waals surface area contributed by atoms with Crippen LogP contribution in [0.1, 0.15) is 12.6 Å². The monoisotopic (exact) mass is 525 g/mol. The first-order chi connectivity index (χ1) is 18.8. The fraction of sp³-hybridized carbons (Fsp3) is 0.107. The SMILES string of the molecule is C=C(C)C(=O)Nc1ccc(-c2c(-c3ccc(Oc4nccc(CO)n4)c(F)c3)c3c(N)ncnc3n2C)cc1. The summed E-state index contributed by atoms with van der Waals surface area (Å²) < 4.78 is 22.7. The number of aromatic nitrogens is 5. The van der Waals surface area contributed by atoms with Gasteiger partial charge in [-0.25, -0.2) is 19.3 Å². The molecular formula is C28H24FN7O3. The van der Waals surface area contributed by atoms with Gasteiger partial charge in [-0.05, 0) is 48.4 Å². The van der Waals surface area contributed by atoms with Gasteiger partial charge in [0, 0.05) is 30.1 Å². The van der Waals surface area contributed by atoms with Crippen LogP contribution in [0.5, 0.6) is 11.8 Å². The number of nitrogen functional groups attached to an aromatic ring is 1. The van der Waals surface area contributed by atoms with E-state index in [1.807, 2.05) is 23.7 Å². The second-order valence-corrected chi connectivity index (χ2v) is 8.79. The number of hydrogen-bond donors (Lipinski definition) is 3. The molecule has 0 radical (unpaired) electrons. The molecule has 0 aliphatic rings. The van der Waals surface area contributed by atoms with E-state index in [4.69, 9.17) is 10.5 Å². The molecule has 0 atom stereocenters. The Bertz CT molecular complexity index is 1730. The third kappa shape index (κ3) is 4.90. The number of benzene rings is 2. The maximum atomic E-state index is 15.3. The summed E-state index contributed by atoms with van der Waals surface area (Å²) in [5.74, 6) is -0.765. The molecule has 4 N–H and O–H groups in total. The van der Waals surface area contributed by atoms with Crippen LogP contribution >= 0.6 is 0 Å². The topological polar surface area (TPSA) is 141 Å². The molecular weight excluding hydrogens is 501 g/mol. The summed E-state index contributed by atoms with van der Waals surface area (Å²) in [4.78, 5) is 28.6. The maximum absolute atomic E-state index is 15.3. The quantitative estimate of drug-likeness (QED) is 0.262. The summed E-state index contributed by atoms with van der Waals surface area (Å²) in [7, 11) is 1.84. The lowest BCUT2D eigenvalue weighted by Gasteiger charge is -2.12. The summed E-state index contributed by atoms with van der Waals surface area (Å²) in [6, 6.07) is 13.2. The molecule has 0 aliphatic heterocycles. The fourth-order valence-electron chi connectivity index (χ4n) is 4.19. The van der Waals surface area contributed by atoms with Crippen molar-refractivity contribution in [3.63, 3.8) is 0 Å². The Labute approximate surface area is 222 Å². The molecule has 11 heteroatoms. The zero-order valence-electron chi connectivity index (χ0n) is 21.1. The van der Waals surface area contributed by atoms with E-state index in [1.165, 1.54) is 30.7 Å². The average molecular weight is 526 g/mol. The van der Waals surface area contributed by atoms with Crippen LogP contribution in [0, 0.1) is 5.82 Å². The van der Waals surface area contributed by atoms with Gasteiger partial charge >= 0.3 is 6.01 Å². The van der Waals surface area contributed by atoms with Crippen LogP contribution in [0.15, 0.2) is 73.2 Å². The van der Waals surface area contributed by atoms with Crippen molar-refractivity contribution >= 4 is 28.4 Å². The van der Waals surface area contributed by atoms with Crippen LogP contribution in [0.2, 0.25) is 0 Å². The highest BCUT2D eigenvalue weighted by Crippen LogP contribution is 2.42. The Kier molecular flexibility index (Phi) is 6.73. The molecule has 3 heterocycles. The molecule has 39 heavy (non-hydrogen) atoms. The first-order valence-electron chi connectivity index (χ1n) is 11.8. The number of carbonyl (C=O) groups is 1. The number of aryl methyl sites for hydroxylation is 1. The summed E-state index contributed by atoms with van der Waals surface area (Å²) in [5, 5.41) is 12.6. The predicted octanol–water partition coefficient (Wildman–Crippen LogP) is 4.61. The third-order valence-electron chi connectivity index (χ3n) is 6.08. The number of halogens is 1. The Hall–Kier alpha value is -5.16. The zero-order chi connectivity index (χ0) is 27.7. The number of fused-ring (bicyclic) bond motifs is 1. The van der Waals surface area contributed by atoms with E-state index in [0.29, 0.717) is 39.1 Å². The molecule has 0 spiro atoms. The molecule has 0 fully saturated rings. The third-order valence-corrected chi connectivity index (χ3v) is 6.08. The lowest BCUT2D eigenvalue weighted by atomic mass is 9.98. The fourth-order valence-corrected chi connectivity index (χ4v) is 4.19. The molecule has 10 nitrogen and oxygen atoms in total. The summed E-state index contributed by atoms with van der Waals surface area (Å²) in [6.07, 6.45) is 2.79. The number of hydrogen-bond acceptors (Lipinski definition) is 8. The summed E-state index contributed by atoms with van der Waals surface area (Å²) >= 11 is 0. The van der Waals surface area contributed by atoms with E-state index in [9.17, 15) is 9.90 Å². The van der Waals surface area contributed by atoms with Gasteiger partial charge in [0.2, 0.25) is 0 Å². The van der Waals surface area contributed by atoms with Crippen molar-refractivity contribution in [2.45, 2.75) is 13.5 Å². The molecule has 5 rings (SSSR count). The van der Waals surface area contributed by atoms with Gasteiger partial charge in [0.25, 0.3) is 5.91 Å². The van der Waals surface area contributed by atoms with Crippen LogP contribution in [-0.4, -0.2) is 35.5 Å². The van der Waals surface area contributed by atoms with E-state index >= 15 is 4.39 Å². The van der Waals surface area contributed by atoms with Crippen molar-refractivity contribution < 1.29 is 19.0 Å². The second kappa shape index (κ2) is 10.3. The van der Waals surface area contributed by atoms with Crippen molar-refractivity contribution in [3.05, 3.63) is 84.7 Å². The Morgan fingerprint density at radius 3 is 2.56 bits per heavy atom. The molecule has 3 aromatic heterocycles. The smallest absolute Gasteiger partial charge is 0.322 e. The van der Waals surface area contributed by atoms with Crippen molar-refractivity contribution in [3.8, 4) is 34.1 Å². The first kappa shape index (κ1) is 25.5. The Balaban J connectivity index is 1.60. The predicted molar refractivity (Wildman–Crippen MR) is 145 cm³/mol. The number of aliphatic hydroxyl groups is 1. The second-order valence-electron chi connectivity index (χ2n) is 8.79. The van der Waals surface area contributed by atoms with Crippen LogP contribution in [0.3, 0.4) is 0 Å². The molecule has 2 aromatic carbocycles. The molecule has 0 unspecified atom stereocenters. The molecule has 0 saturated heterocycles. The minimum absolute atomic E-state index is 0.0857. The molecule has 5 aromatic rings. The number of carbonyl (C=O) groups excluding carboxylic acids is 1. The van der Waals surface area contributed by atoms with Gasteiger partial charge in [0.1, 0.15) is 17.8 Å². The van der Waals surface area contributed by atoms with Gasteiger partial charge in [0.05, 0.1) is 23.4 Å². The molecule has 196 valence electrons. The molecule has 1 amide bonds. The van der Waals surface area contributed by atoms with E-state index < -0.39 is 5.82 Å². The highest BCUT2D eigenvalue weighted by molar-refractivity contribution is 6.08. The number of anilines is 2. The minimum Gasteiger partial charge on any atom is -0.421 e. The van der Waals surface area contributed by atoms with Gasteiger partial charge in [-0.1, -0.05) is 24.8 Å². The largest absolute Gasteiger partial charge is 0.421 e. The van der Waals surface area contributed by atoms with Crippen LogP contribution < -0.4 is 15.8 Å². The first-order valence-corrected chi connectivity index (χ1v) is 11.8. The van der Waals surface area contributed by atoms with Gasteiger partial charge in [-0.15, -0.1) is 0 Å². The minimum atomic E-state index is -0.651. The van der Waals surface area contributed by atoms with Crippen LogP contribution in [-0.2, 0) is 18.4 Å². The van der Waals surface area contributed by atoms with E-state index in [-0.39, 0.29) is 30.1 Å². The number of ether oxygens (including phenoxy) is 1. The van der Waals surface area contributed by atoms with Crippen molar-refractivity contribution in [1.29, 1.82) is 0 Å². The number of nitrogens with zero attached hydrogens (tertiary/aromatic N) is 5. The lowest BCUT2D eigenvalue weighted by Crippen LogP contribution is -2.11. The van der Waals surface area contributed by atoms with Crippen LogP contribution in [0.25, 0.3) is 33.4 Å². The normalized spacial score (nSPS) is 11.0. The summed E-state index contributed by atoms with van der Waals surface area (Å²) in [5.41, 5.74) is 10.9. The molecule has 0 bridgehead atoms. The number of rotatable bonds is 7. The van der Waals surface area contributed by atoms with Gasteiger partial charge in [0.15, 0.2) is 11.6 Å². The van der Waals surface area contributed by atoms with Crippen molar-refractivity contribution in [2.75, 3.05) is 11.1 Å². The van der Waals surface area contributed by atoms with E-state index in [1.54, 1.807) is 25.1 Å². The highest BCUT2D eigenvalue weighted by atomic mass is 19.1. The number of nitrogens with two attached hydrogens (primary N) is 1. The van der Waals surface area contributed by atoms with Gasteiger partial charge in [-0.2, -0.15) is 4.98 Å². The van der Waals surface area contributed by atoms with Crippen LogP contribution in [0.4, 0.5) is 15.9 Å². The Morgan fingerprint density at radius 1 is 1.13 bits per heavy atom. The standard InChI is InChI=1S/C28H24FN7O3/c1-15(2)27(38)34-18-7-4-16(5-8-18)24-22(23-25(30)32-14-33-26(23)36(24)3)17-6-9-21(20(29)12-17)39-28-31-11-10-19(13-37)35-28/h4-12,14,37H,1,13H2,2-3H3,(H,34,38)(H2,30,32,33). The number of amides is 1. The van der Waals surface area contributed by atoms with Crippen molar-refractivity contribution in [1.82, 2.24) is 24.5 Å². The lowest BCUT2D eigenvalue weighted by molar-refractivity contribution is -0.112. The van der Waals surface area contributed by atoms with Gasteiger partial charge < -0.3 is 25.5 Å². The highest BCUT2D eigenvalue weighted by Gasteiger charge is 2.23. The number of aliphatic hydroxyl groups excluding tert-OH is 1. The van der Waals surface area contributed by atoms with Gasteiger partial charge in [-0.3, -0.25) is 4.79 Å². The van der Waals surface area contributed by atoms with E-state index in [2.05, 4.69) is 31.8 Å². The number of nitrogens with one attached hydrogen (secondary N) is 1. The average Bonchev–Trinajstić information content (AvgIpc) is 3.23. The Morgan fingerprint density at radius 2 is 1.87 bits per heavy atom. The molecule has 0 saturated carbocycles. The van der Waals surface area contributed by atoms with Crippen molar-refractivity contribution in [2.24, 2.45) is 7.05 Å². The summed E-state index contributed by atoms with van der Waals surface area (Å²) in [6.45, 7) is 4.99.